The Labute approximate surface area is 122 Å². The highest BCUT2D eigenvalue weighted by molar-refractivity contribution is 7.94. The van der Waals surface area contributed by atoms with Gasteiger partial charge in [0.2, 0.25) is 12.7 Å². The van der Waals surface area contributed by atoms with Crippen molar-refractivity contribution >= 4 is 15.7 Å². The normalized spacial score (nSPS) is 21.4. The summed E-state index contributed by atoms with van der Waals surface area (Å²) in [5.41, 5.74) is 0.905. The third kappa shape index (κ3) is 3.36. The van der Waals surface area contributed by atoms with Crippen molar-refractivity contribution in [1.29, 1.82) is 0 Å². The van der Waals surface area contributed by atoms with Gasteiger partial charge in [-0.25, -0.2) is 8.42 Å². The van der Waals surface area contributed by atoms with Crippen molar-refractivity contribution in [3.8, 4) is 11.5 Å². The van der Waals surface area contributed by atoms with Crippen LogP contribution in [0.1, 0.15) is 12.0 Å². The molecule has 0 aromatic heterocycles. The van der Waals surface area contributed by atoms with Gasteiger partial charge in [0.25, 0.3) is 0 Å². The Bertz CT molecular complexity index is 695. The zero-order valence-electron chi connectivity index (χ0n) is 11.2. The molecule has 6 nitrogen and oxygen atoms in total. The van der Waals surface area contributed by atoms with E-state index in [1.165, 1.54) is 5.41 Å². The summed E-state index contributed by atoms with van der Waals surface area (Å²) in [5, 5.41) is 3.96. The van der Waals surface area contributed by atoms with E-state index < -0.39 is 9.84 Å². The molecule has 7 heteroatoms. The standard InChI is InChI=1S/C14H15NO5S/c16-14(6-11-3-4-21(17,18)8-11)15-7-10-1-2-12-13(5-10)20-9-19-12/h1-5,11H,6-9H2,(H,15,16)/t11-/m0/s1. The number of fused-ring (bicyclic) bond motifs is 1. The molecule has 1 amide bonds. The lowest BCUT2D eigenvalue weighted by Gasteiger charge is -2.08. The third-order valence-electron chi connectivity index (χ3n) is 3.38. The number of allylic oxidation sites excluding steroid dienone is 1. The van der Waals surface area contributed by atoms with E-state index >= 15 is 0 Å². The minimum Gasteiger partial charge on any atom is -0.454 e. The first-order valence-corrected chi connectivity index (χ1v) is 8.29. The van der Waals surface area contributed by atoms with Gasteiger partial charge in [0.05, 0.1) is 5.75 Å². The van der Waals surface area contributed by atoms with Crippen LogP contribution < -0.4 is 14.8 Å². The summed E-state index contributed by atoms with van der Waals surface area (Å²) in [6, 6.07) is 5.48. The Hall–Kier alpha value is -2.02. The molecule has 0 radical (unpaired) electrons. The highest BCUT2D eigenvalue weighted by Crippen LogP contribution is 2.32. The van der Waals surface area contributed by atoms with Crippen molar-refractivity contribution in [3.05, 3.63) is 35.2 Å². The van der Waals surface area contributed by atoms with Gasteiger partial charge in [-0.15, -0.1) is 0 Å². The molecule has 0 aliphatic carbocycles. The van der Waals surface area contributed by atoms with Gasteiger partial charge in [-0.1, -0.05) is 12.1 Å². The average molecular weight is 309 g/mol. The van der Waals surface area contributed by atoms with E-state index in [-0.39, 0.29) is 30.8 Å². The SMILES string of the molecule is O=C(C[C@@H]1C=CS(=O)(=O)C1)NCc1ccc2c(c1)OCO2. The third-order valence-corrected chi connectivity index (χ3v) is 4.84. The minimum absolute atomic E-state index is 0.0183. The number of carbonyl (C=O) groups is 1. The monoisotopic (exact) mass is 309 g/mol. The fourth-order valence-corrected chi connectivity index (χ4v) is 3.73. The van der Waals surface area contributed by atoms with Crippen molar-refractivity contribution in [2.24, 2.45) is 5.92 Å². The van der Waals surface area contributed by atoms with Crippen LogP contribution in [0.3, 0.4) is 0 Å². The van der Waals surface area contributed by atoms with Crippen LogP contribution in [0.4, 0.5) is 0 Å². The molecule has 1 aromatic rings. The van der Waals surface area contributed by atoms with Crippen LogP contribution in [0.25, 0.3) is 0 Å². The molecule has 21 heavy (non-hydrogen) atoms. The second kappa shape index (κ2) is 5.40. The van der Waals surface area contributed by atoms with Crippen LogP contribution in [0.5, 0.6) is 11.5 Å². The molecule has 1 aromatic carbocycles. The van der Waals surface area contributed by atoms with Crippen LogP contribution in [0, 0.1) is 5.92 Å². The Morgan fingerprint density at radius 2 is 2.10 bits per heavy atom. The zero-order chi connectivity index (χ0) is 14.9. The van der Waals surface area contributed by atoms with Crippen molar-refractivity contribution < 1.29 is 22.7 Å². The molecular formula is C14H15NO5S. The number of ether oxygens (including phenoxy) is 2. The predicted molar refractivity (Wildman–Crippen MR) is 75.4 cm³/mol. The van der Waals surface area contributed by atoms with Crippen LogP contribution in [0.15, 0.2) is 29.7 Å². The number of rotatable bonds is 4. The summed E-state index contributed by atoms with van der Waals surface area (Å²) in [7, 11) is -3.11. The average Bonchev–Trinajstić information content (AvgIpc) is 3.02. The second-order valence-corrected chi connectivity index (χ2v) is 7.02. The maximum absolute atomic E-state index is 11.8. The number of hydrogen-bond donors (Lipinski definition) is 1. The summed E-state index contributed by atoms with van der Waals surface area (Å²) in [5.74, 6) is 0.994. The molecule has 0 fully saturated rings. The Kier molecular flexibility index (Phi) is 3.59. The first kappa shape index (κ1) is 13.9. The van der Waals surface area contributed by atoms with Crippen LogP contribution in [-0.4, -0.2) is 26.9 Å². The second-order valence-electron chi connectivity index (χ2n) is 5.09. The van der Waals surface area contributed by atoms with E-state index in [2.05, 4.69) is 5.32 Å². The van der Waals surface area contributed by atoms with Crippen LogP contribution in [-0.2, 0) is 21.2 Å². The molecule has 1 atom stereocenters. The molecule has 2 aliphatic heterocycles. The number of sulfone groups is 1. The maximum atomic E-state index is 11.8. The van der Waals surface area contributed by atoms with Gasteiger partial charge in [0, 0.05) is 24.3 Å². The van der Waals surface area contributed by atoms with Gasteiger partial charge < -0.3 is 14.8 Å². The number of hydrogen-bond acceptors (Lipinski definition) is 5. The van der Waals surface area contributed by atoms with Gasteiger partial charge in [-0.2, -0.15) is 0 Å². The van der Waals surface area contributed by atoms with E-state index in [4.69, 9.17) is 9.47 Å². The first-order valence-electron chi connectivity index (χ1n) is 6.58. The molecule has 0 saturated heterocycles. The van der Waals surface area contributed by atoms with Gasteiger partial charge in [0.15, 0.2) is 21.3 Å². The van der Waals surface area contributed by atoms with E-state index in [0.29, 0.717) is 18.0 Å². The smallest absolute Gasteiger partial charge is 0.231 e. The molecule has 0 spiro atoms. The van der Waals surface area contributed by atoms with Gasteiger partial charge in [-0.3, -0.25) is 4.79 Å². The minimum atomic E-state index is -3.11. The lowest BCUT2D eigenvalue weighted by atomic mass is 10.1. The first-order chi connectivity index (χ1) is 10.0. The number of amides is 1. The van der Waals surface area contributed by atoms with Gasteiger partial charge in [0.1, 0.15) is 0 Å². The zero-order valence-corrected chi connectivity index (χ0v) is 12.1. The topological polar surface area (TPSA) is 81.7 Å². The molecule has 3 rings (SSSR count). The highest BCUT2D eigenvalue weighted by Gasteiger charge is 2.23. The summed E-state index contributed by atoms with van der Waals surface area (Å²) in [4.78, 5) is 11.8. The van der Waals surface area contributed by atoms with E-state index in [9.17, 15) is 13.2 Å². The van der Waals surface area contributed by atoms with E-state index in [1.807, 2.05) is 12.1 Å². The highest BCUT2D eigenvalue weighted by atomic mass is 32.2. The molecular weight excluding hydrogens is 294 g/mol. The van der Waals surface area contributed by atoms with Crippen molar-refractivity contribution in [1.82, 2.24) is 5.32 Å². The largest absolute Gasteiger partial charge is 0.454 e. The summed E-state index contributed by atoms with van der Waals surface area (Å²) in [6.45, 7) is 0.590. The fraction of sp³-hybridized carbons (Fsp3) is 0.357. The quantitative estimate of drug-likeness (QED) is 0.896. The molecule has 2 heterocycles. The van der Waals surface area contributed by atoms with Crippen LogP contribution >= 0.6 is 0 Å². The Morgan fingerprint density at radius 1 is 1.29 bits per heavy atom. The summed E-state index contributed by atoms with van der Waals surface area (Å²) >= 11 is 0. The molecule has 112 valence electrons. The number of nitrogens with one attached hydrogen (secondary N) is 1. The fourth-order valence-electron chi connectivity index (χ4n) is 2.33. The van der Waals surface area contributed by atoms with Gasteiger partial charge >= 0.3 is 0 Å². The molecule has 2 aliphatic rings. The Balaban J connectivity index is 1.51. The lowest BCUT2D eigenvalue weighted by molar-refractivity contribution is -0.121. The molecule has 0 bridgehead atoms. The van der Waals surface area contributed by atoms with Crippen molar-refractivity contribution in [2.45, 2.75) is 13.0 Å². The lowest BCUT2D eigenvalue weighted by Crippen LogP contribution is -2.25. The van der Waals surface area contributed by atoms with Crippen molar-refractivity contribution in [2.75, 3.05) is 12.5 Å². The number of benzene rings is 1. The Morgan fingerprint density at radius 3 is 2.86 bits per heavy atom. The van der Waals surface area contributed by atoms with E-state index in [0.717, 1.165) is 5.56 Å². The van der Waals surface area contributed by atoms with Gasteiger partial charge in [-0.05, 0) is 17.7 Å². The summed E-state index contributed by atoms with van der Waals surface area (Å²) in [6.07, 6.45) is 1.76. The number of carbonyl (C=O) groups excluding carboxylic acids is 1. The predicted octanol–water partition coefficient (Wildman–Crippen LogP) is 0.980. The molecule has 1 N–H and O–H groups in total. The van der Waals surface area contributed by atoms with Crippen LogP contribution in [0.2, 0.25) is 0 Å². The van der Waals surface area contributed by atoms with E-state index in [1.54, 1.807) is 12.1 Å². The summed E-state index contributed by atoms with van der Waals surface area (Å²) < 4.78 is 33.0. The molecule has 0 unspecified atom stereocenters. The maximum Gasteiger partial charge on any atom is 0.231 e. The van der Waals surface area contributed by atoms with Crippen molar-refractivity contribution in [3.63, 3.8) is 0 Å². The molecule has 0 saturated carbocycles.